The van der Waals surface area contributed by atoms with Crippen LogP contribution >= 0.6 is 11.8 Å². The predicted molar refractivity (Wildman–Crippen MR) is 88.0 cm³/mol. The fourth-order valence-electron chi connectivity index (χ4n) is 2.81. The molecule has 0 spiro atoms. The molecule has 1 nitrogen and oxygen atoms in total. The first-order valence-electron chi connectivity index (χ1n) is 7.33. The number of nitrogens with one attached hydrogen (secondary N) is 1. The van der Waals surface area contributed by atoms with E-state index in [9.17, 15) is 0 Å². The summed E-state index contributed by atoms with van der Waals surface area (Å²) in [5, 5.41) is 4.93. The van der Waals surface area contributed by atoms with Gasteiger partial charge in [-0.25, -0.2) is 0 Å². The van der Waals surface area contributed by atoms with E-state index in [1.807, 2.05) is 0 Å². The molecule has 104 valence electrons. The van der Waals surface area contributed by atoms with Gasteiger partial charge in [-0.1, -0.05) is 67.6 Å². The molecule has 0 amide bonds. The van der Waals surface area contributed by atoms with Crippen molar-refractivity contribution in [1.82, 2.24) is 5.32 Å². The summed E-state index contributed by atoms with van der Waals surface area (Å²) in [6.07, 6.45) is 1.23. The number of thioether (sulfide) groups is 1. The number of hydrogen-bond donors (Lipinski definition) is 1. The van der Waals surface area contributed by atoms with Crippen LogP contribution in [0, 0.1) is 0 Å². The van der Waals surface area contributed by atoms with E-state index in [1.165, 1.54) is 17.5 Å². The predicted octanol–water partition coefficient (Wildman–Crippen LogP) is 4.58. The lowest BCUT2D eigenvalue weighted by Crippen LogP contribution is -2.24. The average molecular weight is 283 g/mol. The van der Waals surface area contributed by atoms with E-state index in [-0.39, 0.29) is 0 Å². The first kappa shape index (κ1) is 13.7. The summed E-state index contributed by atoms with van der Waals surface area (Å²) < 4.78 is 0. The number of benzene rings is 2. The van der Waals surface area contributed by atoms with Crippen LogP contribution in [0.2, 0.25) is 0 Å². The molecule has 0 aliphatic carbocycles. The van der Waals surface area contributed by atoms with Gasteiger partial charge < -0.3 is 5.32 Å². The molecule has 3 rings (SSSR count). The molecule has 1 heterocycles. The third kappa shape index (κ3) is 3.08. The Bertz CT molecular complexity index is 526. The molecule has 0 saturated carbocycles. The van der Waals surface area contributed by atoms with Crippen molar-refractivity contribution in [3.05, 3.63) is 71.8 Å². The minimum atomic E-state index is 0.397. The summed E-state index contributed by atoms with van der Waals surface area (Å²) >= 11 is 2.10. The van der Waals surface area contributed by atoms with Gasteiger partial charge in [0.1, 0.15) is 0 Å². The highest BCUT2D eigenvalue weighted by Crippen LogP contribution is 2.44. The van der Waals surface area contributed by atoms with Crippen LogP contribution in [0.5, 0.6) is 0 Å². The summed E-state index contributed by atoms with van der Waals surface area (Å²) in [6, 6.07) is 22.1. The maximum Gasteiger partial charge on any atom is 0.0494 e. The smallest absolute Gasteiger partial charge is 0.0494 e. The Morgan fingerprint density at radius 3 is 2.15 bits per heavy atom. The monoisotopic (exact) mass is 283 g/mol. The Kier molecular flexibility index (Phi) is 4.44. The molecule has 1 aliphatic heterocycles. The Labute approximate surface area is 125 Å². The Hall–Kier alpha value is -1.25. The summed E-state index contributed by atoms with van der Waals surface area (Å²) in [4.78, 5) is 0. The van der Waals surface area contributed by atoms with Crippen LogP contribution in [0.1, 0.15) is 35.8 Å². The van der Waals surface area contributed by atoms with E-state index in [0.717, 1.165) is 6.54 Å². The normalized spacial score (nSPS) is 26.9. The van der Waals surface area contributed by atoms with E-state index in [2.05, 4.69) is 84.7 Å². The van der Waals surface area contributed by atoms with Gasteiger partial charge in [-0.15, -0.1) is 11.8 Å². The molecule has 0 bridgehead atoms. The van der Waals surface area contributed by atoms with Gasteiger partial charge in [0.15, 0.2) is 0 Å². The first-order chi connectivity index (χ1) is 9.84. The summed E-state index contributed by atoms with van der Waals surface area (Å²) in [5.41, 5.74) is 2.82. The number of hydrogen-bond acceptors (Lipinski definition) is 2. The Morgan fingerprint density at radius 1 is 0.900 bits per heavy atom. The lowest BCUT2D eigenvalue weighted by atomic mass is 9.98. The summed E-state index contributed by atoms with van der Waals surface area (Å²) in [6.45, 7) is 3.44. The van der Waals surface area contributed by atoms with Crippen LogP contribution in [0.25, 0.3) is 0 Å². The minimum Gasteiger partial charge on any atom is -0.309 e. The number of rotatable bonds is 2. The standard InChI is InChI=1S/C18H21NS/c1-14-12-13-19-17(15-8-4-2-5-9-15)18(20-14)16-10-6-3-7-11-16/h2-11,14,17-19H,12-13H2,1H3. The fourth-order valence-corrected chi connectivity index (χ4v) is 4.29. The van der Waals surface area contributed by atoms with Gasteiger partial charge >= 0.3 is 0 Å². The molecule has 2 heteroatoms. The second-order valence-electron chi connectivity index (χ2n) is 5.41. The van der Waals surface area contributed by atoms with Gasteiger partial charge in [0.05, 0.1) is 0 Å². The zero-order chi connectivity index (χ0) is 13.8. The molecular formula is C18H21NS. The van der Waals surface area contributed by atoms with Crippen LogP contribution < -0.4 is 5.32 Å². The summed E-state index contributed by atoms with van der Waals surface area (Å²) in [5.74, 6) is 0. The molecule has 1 N–H and O–H groups in total. The van der Waals surface area contributed by atoms with Gasteiger partial charge in [-0.2, -0.15) is 0 Å². The minimum absolute atomic E-state index is 0.397. The highest BCUT2D eigenvalue weighted by atomic mass is 32.2. The average Bonchev–Trinajstić information content (AvgIpc) is 2.71. The Balaban J connectivity index is 1.96. The lowest BCUT2D eigenvalue weighted by Gasteiger charge is -2.27. The van der Waals surface area contributed by atoms with Gasteiger partial charge in [0, 0.05) is 16.5 Å². The third-order valence-corrected chi connectivity index (χ3v) is 5.42. The molecule has 20 heavy (non-hydrogen) atoms. The molecule has 0 radical (unpaired) electrons. The van der Waals surface area contributed by atoms with E-state index in [4.69, 9.17) is 0 Å². The second-order valence-corrected chi connectivity index (χ2v) is 6.99. The van der Waals surface area contributed by atoms with E-state index < -0.39 is 0 Å². The van der Waals surface area contributed by atoms with Crippen molar-refractivity contribution in [1.29, 1.82) is 0 Å². The van der Waals surface area contributed by atoms with Crippen LogP contribution in [-0.2, 0) is 0 Å². The third-order valence-electron chi connectivity index (χ3n) is 3.88. The molecule has 1 aliphatic rings. The molecule has 2 aromatic rings. The van der Waals surface area contributed by atoms with Crippen molar-refractivity contribution >= 4 is 11.8 Å². The van der Waals surface area contributed by atoms with Gasteiger partial charge in [0.25, 0.3) is 0 Å². The second kappa shape index (κ2) is 6.47. The lowest BCUT2D eigenvalue weighted by molar-refractivity contribution is 0.529. The molecule has 2 aromatic carbocycles. The van der Waals surface area contributed by atoms with Crippen molar-refractivity contribution in [3.63, 3.8) is 0 Å². The Morgan fingerprint density at radius 2 is 1.50 bits per heavy atom. The quantitative estimate of drug-likeness (QED) is 0.865. The van der Waals surface area contributed by atoms with Crippen molar-refractivity contribution in [2.24, 2.45) is 0 Å². The summed E-state index contributed by atoms with van der Waals surface area (Å²) in [7, 11) is 0. The maximum atomic E-state index is 3.76. The van der Waals surface area contributed by atoms with Crippen LogP contribution in [0.15, 0.2) is 60.7 Å². The van der Waals surface area contributed by atoms with Crippen molar-refractivity contribution < 1.29 is 0 Å². The molecule has 3 atom stereocenters. The zero-order valence-corrected chi connectivity index (χ0v) is 12.6. The van der Waals surface area contributed by atoms with E-state index in [1.54, 1.807) is 0 Å². The first-order valence-corrected chi connectivity index (χ1v) is 8.27. The highest BCUT2D eigenvalue weighted by Gasteiger charge is 2.29. The molecule has 3 unspecified atom stereocenters. The van der Waals surface area contributed by atoms with Crippen molar-refractivity contribution in [2.75, 3.05) is 6.54 Å². The molecular weight excluding hydrogens is 262 g/mol. The van der Waals surface area contributed by atoms with Crippen LogP contribution in [-0.4, -0.2) is 11.8 Å². The fraction of sp³-hybridized carbons (Fsp3) is 0.333. The van der Waals surface area contributed by atoms with Crippen LogP contribution in [0.3, 0.4) is 0 Å². The topological polar surface area (TPSA) is 12.0 Å². The van der Waals surface area contributed by atoms with Crippen molar-refractivity contribution in [2.45, 2.75) is 29.9 Å². The molecule has 0 aromatic heterocycles. The van der Waals surface area contributed by atoms with Gasteiger partial charge in [-0.05, 0) is 24.1 Å². The zero-order valence-electron chi connectivity index (χ0n) is 11.8. The van der Waals surface area contributed by atoms with E-state index in [0.29, 0.717) is 16.5 Å². The van der Waals surface area contributed by atoms with Crippen LogP contribution in [0.4, 0.5) is 0 Å². The SMILES string of the molecule is CC1CCNC(c2ccccc2)C(c2ccccc2)S1. The largest absolute Gasteiger partial charge is 0.309 e. The van der Waals surface area contributed by atoms with Gasteiger partial charge in [-0.3, -0.25) is 0 Å². The maximum absolute atomic E-state index is 3.76. The van der Waals surface area contributed by atoms with Crippen molar-refractivity contribution in [3.8, 4) is 0 Å². The van der Waals surface area contributed by atoms with Gasteiger partial charge in [0.2, 0.25) is 0 Å². The molecule has 1 saturated heterocycles. The highest BCUT2D eigenvalue weighted by molar-refractivity contribution is 8.00. The van der Waals surface area contributed by atoms with E-state index >= 15 is 0 Å². The molecule has 1 fully saturated rings.